The molecule has 0 heterocycles. The molecule has 0 fully saturated rings. The van der Waals surface area contributed by atoms with Gasteiger partial charge in [0.2, 0.25) is 5.91 Å². The molecule has 34 heavy (non-hydrogen) atoms. The number of rotatable bonds is 6. The molecule has 4 nitrogen and oxygen atoms in total. The van der Waals surface area contributed by atoms with Crippen molar-refractivity contribution < 1.29 is 22.8 Å². The minimum absolute atomic E-state index is 0.0268. The van der Waals surface area contributed by atoms with E-state index < -0.39 is 17.6 Å². The largest absolute Gasteiger partial charge is 0.416 e. The van der Waals surface area contributed by atoms with Gasteiger partial charge >= 0.3 is 6.18 Å². The fourth-order valence-electron chi connectivity index (χ4n) is 3.29. The van der Waals surface area contributed by atoms with Crippen molar-refractivity contribution in [3.63, 3.8) is 0 Å². The number of benzene rings is 4. The lowest BCUT2D eigenvalue weighted by atomic mass is 10.1. The fourth-order valence-corrected chi connectivity index (χ4v) is 3.99. The van der Waals surface area contributed by atoms with Gasteiger partial charge in [0, 0.05) is 21.8 Å². The van der Waals surface area contributed by atoms with Gasteiger partial charge in [-0.05, 0) is 65.4 Å². The SMILES string of the molecule is O=C(CSc1ccc(NC(=O)c2ccc3ccccc3c2)cc1)Nc1cccc(C(F)(F)F)c1. The van der Waals surface area contributed by atoms with Crippen molar-refractivity contribution >= 4 is 45.7 Å². The zero-order chi connectivity index (χ0) is 24.1. The van der Waals surface area contributed by atoms with E-state index >= 15 is 0 Å². The Labute approximate surface area is 198 Å². The molecule has 0 atom stereocenters. The summed E-state index contributed by atoms with van der Waals surface area (Å²) in [5.74, 6) is -0.622. The highest BCUT2D eigenvalue weighted by molar-refractivity contribution is 8.00. The average Bonchev–Trinajstić information content (AvgIpc) is 2.83. The molecule has 0 spiro atoms. The van der Waals surface area contributed by atoms with Crippen LogP contribution in [0.2, 0.25) is 0 Å². The van der Waals surface area contributed by atoms with Crippen LogP contribution in [-0.2, 0) is 11.0 Å². The molecule has 0 bridgehead atoms. The number of hydrogen-bond acceptors (Lipinski definition) is 3. The summed E-state index contributed by atoms with van der Waals surface area (Å²) in [6.07, 6.45) is -4.47. The second kappa shape index (κ2) is 10.0. The van der Waals surface area contributed by atoms with Crippen LogP contribution in [0.4, 0.5) is 24.5 Å². The lowest BCUT2D eigenvalue weighted by Crippen LogP contribution is -2.15. The number of nitrogens with one attached hydrogen (secondary N) is 2. The van der Waals surface area contributed by atoms with Gasteiger partial charge in [-0.25, -0.2) is 0 Å². The van der Waals surface area contributed by atoms with Gasteiger partial charge in [-0.3, -0.25) is 9.59 Å². The molecular weight excluding hydrogens is 461 g/mol. The molecule has 172 valence electrons. The summed E-state index contributed by atoms with van der Waals surface area (Å²) in [5, 5.41) is 7.35. The predicted octanol–water partition coefficient (Wildman–Crippen LogP) is 6.84. The molecule has 0 radical (unpaired) electrons. The average molecular weight is 481 g/mol. The Bertz CT molecular complexity index is 1340. The van der Waals surface area contributed by atoms with Crippen LogP contribution in [-0.4, -0.2) is 17.6 Å². The standard InChI is InChI=1S/C26H19F3N2O2S/c27-26(28,29)20-6-3-7-22(15-20)30-24(32)16-34-23-12-10-21(11-13-23)31-25(33)19-9-8-17-4-1-2-5-18(17)14-19/h1-15H,16H2,(H,30,32)(H,31,33). The van der Waals surface area contributed by atoms with Crippen LogP contribution in [0.5, 0.6) is 0 Å². The lowest BCUT2D eigenvalue weighted by molar-refractivity contribution is -0.137. The summed E-state index contributed by atoms with van der Waals surface area (Å²) in [7, 11) is 0. The van der Waals surface area contributed by atoms with E-state index in [1.807, 2.05) is 36.4 Å². The minimum Gasteiger partial charge on any atom is -0.325 e. The van der Waals surface area contributed by atoms with E-state index in [1.165, 1.54) is 23.9 Å². The van der Waals surface area contributed by atoms with Crippen molar-refractivity contribution in [3.8, 4) is 0 Å². The number of carbonyl (C=O) groups is 2. The van der Waals surface area contributed by atoms with Gasteiger partial charge in [-0.2, -0.15) is 13.2 Å². The molecule has 4 aromatic carbocycles. The van der Waals surface area contributed by atoms with E-state index in [-0.39, 0.29) is 17.3 Å². The normalized spacial score (nSPS) is 11.3. The molecule has 0 aliphatic heterocycles. The first-order chi connectivity index (χ1) is 16.3. The first kappa shape index (κ1) is 23.4. The van der Waals surface area contributed by atoms with Gasteiger partial charge in [-0.15, -0.1) is 11.8 Å². The number of halogens is 3. The van der Waals surface area contributed by atoms with Crippen LogP contribution in [0.1, 0.15) is 15.9 Å². The maximum atomic E-state index is 12.8. The monoisotopic (exact) mass is 480 g/mol. The van der Waals surface area contributed by atoms with Gasteiger partial charge < -0.3 is 10.6 Å². The van der Waals surface area contributed by atoms with Crippen molar-refractivity contribution in [2.75, 3.05) is 16.4 Å². The number of thioether (sulfide) groups is 1. The molecule has 0 aromatic heterocycles. The van der Waals surface area contributed by atoms with Gasteiger partial charge in [0.05, 0.1) is 11.3 Å². The van der Waals surface area contributed by atoms with Crippen molar-refractivity contribution in [1.29, 1.82) is 0 Å². The van der Waals surface area contributed by atoms with Crippen molar-refractivity contribution in [2.24, 2.45) is 0 Å². The predicted molar refractivity (Wildman–Crippen MR) is 129 cm³/mol. The minimum atomic E-state index is -4.47. The second-order valence-corrected chi connectivity index (χ2v) is 8.50. The number of hydrogen-bond donors (Lipinski definition) is 2. The van der Waals surface area contributed by atoms with Gasteiger partial charge in [0.1, 0.15) is 0 Å². The first-order valence-electron chi connectivity index (χ1n) is 10.3. The van der Waals surface area contributed by atoms with Crippen molar-refractivity contribution in [2.45, 2.75) is 11.1 Å². The summed E-state index contributed by atoms with van der Waals surface area (Å²) in [6.45, 7) is 0. The maximum Gasteiger partial charge on any atom is 0.416 e. The van der Waals surface area contributed by atoms with Crippen LogP contribution in [0.15, 0.2) is 95.9 Å². The maximum absolute atomic E-state index is 12.8. The fraction of sp³-hybridized carbons (Fsp3) is 0.0769. The molecule has 0 unspecified atom stereocenters. The summed E-state index contributed by atoms with van der Waals surface area (Å²) in [4.78, 5) is 25.5. The number of fused-ring (bicyclic) bond motifs is 1. The summed E-state index contributed by atoms with van der Waals surface area (Å²) < 4.78 is 38.4. The van der Waals surface area contributed by atoms with E-state index in [9.17, 15) is 22.8 Å². The third kappa shape index (κ3) is 5.96. The Kier molecular flexibility index (Phi) is 6.88. The van der Waals surface area contributed by atoms with Crippen molar-refractivity contribution in [3.05, 3.63) is 102 Å². The quantitative estimate of drug-likeness (QED) is 0.297. The molecule has 0 saturated carbocycles. The molecule has 4 aromatic rings. The summed E-state index contributed by atoms with van der Waals surface area (Å²) in [5.41, 5.74) is 0.422. The smallest absolute Gasteiger partial charge is 0.325 e. The molecule has 2 amide bonds. The van der Waals surface area contributed by atoms with E-state index in [1.54, 1.807) is 30.3 Å². The zero-order valence-corrected chi connectivity index (χ0v) is 18.5. The Hall–Kier alpha value is -3.78. The van der Waals surface area contributed by atoms with E-state index in [2.05, 4.69) is 10.6 Å². The number of amides is 2. The molecule has 0 aliphatic carbocycles. The van der Waals surface area contributed by atoms with Crippen molar-refractivity contribution in [1.82, 2.24) is 0 Å². The van der Waals surface area contributed by atoms with Crippen LogP contribution < -0.4 is 10.6 Å². The lowest BCUT2D eigenvalue weighted by Gasteiger charge is -2.10. The third-order valence-electron chi connectivity index (χ3n) is 4.97. The Morgan fingerprint density at radius 2 is 1.47 bits per heavy atom. The molecule has 8 heteroatoms. The van der Waals surface area contributed by atoms with Gasteiger partial charge in [0.25, 0.3) is 5.91 Å². The van der Waals surface area contributed by atoms with Gasteiger partial charge in [-0.1, -0.05) is 36.4 Å². The second-order valence-electron chi connectivity index (χ2n) is 7.46. The summed E-state index contributed by atoms with van der Waals surface area (Å²) >= 11 is 1.24. The highest BCUT2D eigenvalue weighted by Gasteiger charge is 2.30. The third-order valence-corrected chi connectivity index (χ3v) is 5.98. The van der Waals surface area contributed by atoms with Crippen LogP contribution in [0, 0.1) is 0 Å². The van der Waals surface area contributed by atoms with Crippen LogP contribution >= 0.6 is 11.8 Å². The van der Waals surface area contributed by atoms with Gasteiger partial charge in [0.15, 0.2) is 0 Å². The molecule has 0 saturated heterocycles. The Morgan fingerprint density at radius 3 is 2.21 bits per heavy atom. The number of carbonyl (C=O) groups excluding carboxylic acids is 2. The van der Waals surface area contributed by atoms with E-state index in [0.717, 1.165) is 27.8 Å². The molecule has 4 rings (SSSR count). The highest BCUT2D eigenvalue weighted by Crippen LogP contribution is 2.30. The topological polar surface area (TPSA) is 58.2 Å². The molecule has 2 N–H and O–H groups in total. The number of anilines is 2. The van der Waals surface area contributed by atoms with Crippen LogP contribution in [0.3, 0.4) is 0 Å². The Balaban J connectivity index is 1.31. The summed E-state index contributed by atoms with van der Waals surface area (Å²) in [6, 6.07) is 24.8. The zero-order valence-electron chi connectivity index (χ0n) is 17.7. The van der Waals surface area contributed by atoms with E-state index in [0.29, 0.717) is 11.3 Å². The van der Waals surface area contributed by atoms with Crippen LogP contribution in [0.25, 0.3) is 10.8 Å². The van der Waals surface area contributed by atoms with E-state index in [4.69, 9.17) is 0 Å². The first-order valence-corrected chi connectivity index (χ1v) is 11.3. The molecular formula is C26H19F3N2O2S. The highest BCUT2D eigenvalue weighted by atomic mass is 32.2. The molecule has 0 aliphatic rings. The number of alkyl halides is 3. The Morgan fingerprint density at radius 1 is 0.735 bits per heavy atom.